The van der Waals surface area contributed by atoms with Crippen molar-refractivity contribution in [1.29, 1.82) is 0 Å². The quantitative estimate of drug-likeness (QED) is 0.298. The molecule has 0 saturated carbocycles. The highest BCUT2D eigenvalue weighted by molar-refractivity contribution is 5.80. The summed E-state index contributed by atoms with van der Waals surface area (Å²) in [5, 5.41) is 11.5. The Balaban J connectivity index is 2.50. The molecule has 6 heteroatoms. The second-order valence-electron chi connectivity index (χ2n) is 4.15. The van der Waals surface area contributed by atoms with Gasteiger partial charge in [0.05, 0.1) is 12.2 Å². The molecule has 3 N–H and O–H groups in total. The van der Waals surface area contributed by atoms with E-state index in [4.69, 9.17) is 20.4 Å². The van der Waals surface area contributed by atoms with E-state index in [0.717, 1.165) is 13.1 Å². The minimum Gasteiger partial charge on any atom is -0.409 e. The summed E-state index contributed by atoms with van der Waals surface area (Å²) in [6.07, 6.45) is 0.739. The first-order valence-electron chi connectivity index (χ1n) is 5.38. The molecule has 6 nitrogen and oxygen atoms in total. The molecular formula is C10H21N3O3. The molecule has 0 amide bonds. The maximum Gasteiger partial charge on any atom is 0.140 e. The van der Waals surface area contributed by atoms with Crippen molar-refractivity contribution < 1.29 is 14.7 Å². The number of hydrogen-bond donors (Lipinski definition) is 2. The van der Waals surface area contributed by atoms with Gasteiger partial charge in [0, 0.05) is 39.8 Å². The fourth-order valence-corrected chi connectivity index (χ4v) is 2.06. The first kappa shape index (κ1) is 13.2. The van der Waals surface area contributed by atoms with Crippen LogP contribution in [0.4, 0.5) is 0 Å². The topological polar surface area (TPSA) is 80.3 Å². The van der Waals surface area contributed by atoms with Gasteiger partial charge in [0.25, 0.3) is 0 Å². The van der Waals surface area contributed by atoms with Crippen LogP contribution < -0.4 is 5.73 Å². The lowest BCUT2D eigenvalue weighted by atomic mass is 10.2. The Bertz CT molecular complexity index is 235. The van der Waals surface area contributed by atoms with Crippen LogP contribution in [-0.2, 0) is 9.47 Å². The standard InChI is InChI=1S/C10H21N3O3/c1-7(4-10(11)12-14)13-5-8(15-2)9(6-13)16-3/h7-9,14H,4-6H2,1-3H3,(H2,11,12). The van der Waals surface area contributed by atoms with Crippen molar-refractivity contribution in [3.05, 3.63) is 0 Å². The Morgan fingerprint density at radius 1 is 1.44 bits per heavy atom. The van der Waals surface area contributed by atoms with E-state index in [9.17, 15) is 0 Å². The third-order valence-corrected chi connectivity index (χ3v) is 3.11. The zero-order valence-corrected chi connectivity index (χ0v) is 10.1. The Morgan fingerprint density at radius 2 is 1.94 bits per heavy atom. The van der Waals surface area contributed by atoms with Gasteiger partial charge in [-0.3, -0.25) is 4.90 Å². The molecule has 0 aromatic carbocycles. The van der Waals surface area contributed by atoms with E-state index >= 15 is 0 Å². The van der Waals surface area contributed by atoms with E-state index in [2.05, 4.69) is 10.1 Å². The van der Waals surface area contributed by atoms with Crippen molar-refractivity contribution in [2.75, 3.05) is 27.3 Å². The number of oxime groups is 1. The van der Waals surface area contributed by atoms with Gasteiger partial charge in [-0.25, -0.2) is 0 Å². The molecule has 0 bridgehead atoms. The highest BCUT2D eigenvalue weighted by atomic mass is 16.5. The summed E-state index contributed by atoms with van der Waals surface area (Å²) >= 11 is 0. The van der Waals surface area contributed by atoms with Crippen molar-refractivity contribution in [3.8, 4) is 0 Å². The Hall–Kier alpha value is -0.850. The Labute approximate surface area is 96.0 Å². The molecule has 1 fully saturated rings. The largest absolute Gasteiger partial charge is 0.409 e. The highest BCUT2D eigenvalue weighted by Gasteiger charge is 2.35. The van der Waals surface area contributed by atoms with Crippen LogP contribution in [0.15, 0.2) is 5.16 Å². The summed E-state index contributed by atoms with van der Waals surface area (Å²) < 4.78 is 10.7. The predicted octanol–water partition coefficient (Wildman–Crippen LogP) is -0.143. The molecule has 1 rings (SSSR count). The molecular weight excluding hydrogens is 210 g/mol. The lowest BCUT2D eigenvalue weighted by molar-refractivity contribution is -0.00461. The van der Waals surface area contributed by atoms with Gasteiger partial charge >= 0.3 is 0 Å². The summed E-state index contributed by atoms with van der Waals surface area (Å²) in [7, 11) is 3.38. The average molecular weight is 231 g/mol. The summed E-state index contributed by atoms with van der Waals surface area (Å²) in [5.74, 6) is 0.252. The molecule has 1 saturated heterocycles. The van der Waals surface area contributed by atoms with Gasteiger partial charge in [-0.05, 0) is 6.92 Å². The fourth-order valence-electron chi connectivity index (χ4n) is 2.06. The van der Waals surface area contributed by atoms with Gasteiger partial charge in [-0.15, -0.1) is 0 Å². The minimum atomic E-state index is 0.0970. The Kier molecular flexibility index (Phi) is 4.98. The maximum atomic E-state index is 8.52. The summed E-state index contributed by atoms with van der Waals surface area (Å²) in [6.45, 7) is 3.67. The van der Waals surface area contributed by atoms with Crippen molar-refractivity contribution in [1.82, 2.24) is 4.90 Å². The first-order chi connectivity index (χ1) is 7.62. The van der Waals surface area contributed by atoms with Crippen molar-refractivity contribution in [2.45, 2.75) is 31.6 Å². The maximum absolute atomic E-state index is 8.52. The molecule has 1 aliphatic heterocycles. The third kappa shape index (κ3) is 3.07. The van der Waals surface area contributed by atoms with Crippen LogP contribution >= 0.6 is 0 Å². The lowest BCUT2D eigenvalue weighted by Crippen LogP contribution is -2.35. The van der Waals surface area contributed by atoms with Crippen LogP contribution in [0.5, 0.6) is 0 Å². The van der Waals surface area contributed by atoms with Crippen LogP contribution in [0.2, 0.25) is 0 Å². The van der Waals surface area contributed by atoms with Gasteiger partial charge < -0.3 is 20.4 Å². The molecule has 0 aliphatic carbocycles. The first-order valence-corrected chi connectivity index (χ1v) is 5.38. The number of hydrogen-bond acceptors (Lipinski definition) is 5. The second-order valence-corrected chi connectivity index (χ2v) is 4.15. The summed E-state index contributed by atoms with van der Waals surface area (Å²) in [5.41, 5.74) is 5.49. The van der Waals surface area contributed by atoms with Crippen LogP contribution in [-0.4, -0.2) is 61.5 Å². The van der Waals surface area contributed by atoms with E-state index in [1.165, 1.54) is 0 Å². The van der Waals surface area contributed by atoms with Gasteiger partial charge in [0.15, 0.2) is 0 Å². The Morgan fingerprint density at radius 3 is 2.31 bits per heavy atom. The van der Waals surface area contributed by atoms with E-state index in [0.29, 0.717) is 6.42 Å². The van der Waals surface area contributed by atoms with Gasteiger partial charge in [-0.2, -0.15) is 0 Å². The molecule has 1 heterocycles. The molecule has 1 aliphatic rings. The number of likely N-dealkylation sites (tertiary alicyclic amines) is 1. The zero-order chi connectivity index (χ0) is 12.1. The molecule has 3 atom stereocenters. The van der Waals surface area contributed by atoms with Gasteiger partial charge in [0.2, 0.25) is 0 Å². The highest BCUT2D eigenvalue weighted by Crippen LogP contribution is 2.19. The van der Waals surface area contributed by atoms with E-state index in [-0.39, 0.29) is 24.1 Å². The molecule has 16 heavy (non-hydrogen) atoms. The normalized spacial score (nSPS) is 29.6. The van der Waals surface area contributed by atoms with E-state index < -0.39 is 0 Å². The van der Waals surface area contributed by atoms with Crippen LogP contribution in [0.3, 0.4) is 0 Å². The second kappa shape index (κ2) is 6.03. The van der Waals surface area contributed by atoms with Gasteiger partial charge in [0.1, 0.15) is 5.84 Å². The minimum absolute atomic E-state index is 0.0970. The predicted molar refractivity (Wildman–Crippen MR) is 60.7 cm³/mol. The molecule has 0 spiro atoms. The number of nitrogens with two attached hydrogens (primary N) is 1. The van der Waals surface area contributed by atoms with E-state index in [1.807, 2.05) is 6.92 Å². The fraction of sp³-hybridized carbons (Fsp3) is 0.900. The van der Waals surface area contributed by atoms with E-state index in [1.54, 1.807) is 14.2 Å². The number of amidine groups is 1. The molecule has 0 radical (unpaired) electrons. The molecule has 94 valence electrons. The molecule has 0 aromatic heterocycles. The zero-order valence-electron chi connectivity index (χ0n) is 10.1. The third-order valence-electron chi connectivity index (χ3n) is 3.11. The van der Waals surface area contributed by atoms with Gasteiger partial charge in [-0.1, -0.05) is 5.16 Å². The smallest absolute Gasteiger partial charge is 0.140 e. The number of methoxy groups -OCH3 is 2. The number of nitrogens with zero attached hydrogens (tertiary/aromatic N) is 2. The monoisotopic (exact) mass is 231 g/mol. The van der Waals surface area contributed by atoms with Crippen LogP contribution in [0.1, 0.15) is 13.3 Å². The van der Waals surface area contributed by atoms with Crippen LogP contribution in [0, 0.1) is 0 Å². The number of rotatable bonds is 5. The molecule has 0 aromatic rings. The summed E-state index contributed by atoms with van der Waals surface area (Å²) in [4.78, 5) is 2.22. The SMILES string of the molecule is COC1CN(C(C)CC(N)=NO)CC1OC. The lowest BCUT2D eigenvalue weighted by Gasteiger charge is -2.23. The molecule has 3 unspecified atom stereocenters. The van der Waals surface area contributed by atoms with Crippen molar-refractivity contribution in [2.24, 2.45) is 10.9 Å². The van der Waals surface area contributed by atoms with Crippen molar-refractivity contribution in [3.63, 3.8) is 0 Å². The summed E-state index contributed by atoms with van der Waals surface area (Å²) in [6, 6.07) is 0.216. The van der Waals surface area contributed by atoms with Crippen LogP contribution in [0.25, 0.3) is 0 Å². The average Bonchev–Trinajstić information content (AvgIpc) is 2.71. The number of ether oxygens (including phenoxy) is 2. The van der Waals surface area contributed by atoms with Crippen molar-refractivity contribution >= 4 is 5.84 Å².